The average Bonchev–Trinajstić information content (AvgIpc) is 2.85. The summed E-state index contributed by atoms with van der Waals surface area (Å²) in [7, 11) is 0. The van der Waals surface area contributed by atoms with Crippen LogP contribution in [-0.4, -0.2) is 30.7 Å². The summed E-state index contributed by atoms with van der Waals surface area (Å²) >= 11 is 7.46. The lowest BCUT2D eigenvalue weighted by Crippen LogP contribution is -2.37. The summed E-state index contributed by atoms with van der Waals surface area (Å²) in [5, 5.41) is 7.03. The Morgan fingerprint density at radius 1 is 1.73 bits per heavy atom. The summed E-state index contributed by atoms with van der Waals surface area (Å²) in [5.41, 5.74) is 0. The van der Waals surface area contributed by atoms with E-state index >= 15 is 0 Å². The molecule has 0 bridgehead atoms. The molecule has 2 rings (SSSR count). The highest BCUT2D eigenvalue weighted by molar-refractivity contribution is 7.14. The molecule has 0 saturated carbocycles. The van der Waals surface area contributed by atoms with Crippen LogP contribution in [0.15, 0.2) is 5.38 Å². The van der Waals surface area contributed by atoms with Crippen LogP contribution >= 0.6 is 22.9 Å². The summed E-state index contributed by atoms with van der Waals surface area (Å²) in [6.45, 7) is 5.34. The Bertz CT molecular complexity index is 309. The smallest absolute Gasteiger partial charge is 0.186 e. The number of halogens is 1. The van der Waals surface area contributed by atoms with Gasteiger partial charge in [0.1, 0.15) is 5.15 Å². The van der Waals surface area contributed by atoms with Crippen LogP contribution in [0.5, 0.6) is 0 Å². The fraction of sp³-hybridized carbons (Fsp3) is 0.700. The predicted molar refractivity (Wildman–Crippen MR) is 66.0 cm³/mol. The number of aromatic nitrogens is 1. The Morgan fingerprint density at radius 2 is 2.60 bits per heavy atom. The highest BCUT2D eigenvalue weighted by Gasteiger charge is 2.18. The topological polar surface area (TPSA) is 28.2 Å². The third-order valence-corrected chi connectivity index (χ3v) is 3.94. The summed E-state index contributed by atoms with van der Waals surface area (Å²) in [6.07, 6.45) is 2.57. The van der Waals surface area contributed by atoms with Gasteiger partial charge in [-0.1, -0.05) is 11.6 Å². The van der Waals surface area contributed by atoms with Gasteiger partial charge >= 0.3 is 0 Å². The van der Waals surface area contributed by atoms with E-state index in [2.05, 4.69) is 22.1 Å². The summed E-state index contributed by atoms with van der Waals surface area (Å²) in [4.78, 5) is 6.60. The normalized spacial score (nSPS) is 20.8. The molecule has 1 aromatic rings. The van der Waals surface area contributed by atoms with Crippen molar-refractivity contribution in [3.05, 3.63) is 10.5 Å². The van der Waals surface area contributed by atoms with Crippen LogP contribution in [0.2, 0.25) is 5.15 Å². The lowest BCUT2D eigenvalue weighted by Gasteiger charge is -2.23. The molecule has 1 aliphatic heterocycles. The van der Waals surface area contributed by atoms with E-state index in [1.807, 2.05) is 5.38 Å². The van der Waals surface area contributed by atoms with E-state index in [1.165, 1.54) is 12.8 Å². The third kappa shape index (κ3) is 2.83. The molecule has 0 radical (unpaired) electrons. The highest BCUT2D eigenvalue weighted by Crippen LogP contribution is 2.23. The molecule has 84 valence electrons. The molecular formula is C10H16ClN3S. The Hall–Kier alpha value is -0.320. The summed E-state index contributed by atoms with van der Waals surface area (Å²) in [5.74, 6) is 0. The van der Waals surface area contributed by atoms with Crippen molar-refractivity contribution in [2.45, 2.75) is 25.8 Å². The molecule has 1 aromatic heterocycles. The van der Waals surface area contributed by atoms with Crippen molar-refractivity contribution in [3.8, 4) is 0 Å². The number of rotatable bonds is 4. The van der Waals surface area contributed by atoms with Crippen molar-refractivity contribution in [3.63, 3.8) is 0 Å². The maximum Gasteiger partial charge on any atom is 0.186 e. The molecule has 1 aliphatic rings. The van der Waals surface area contributed by atoms with Crippen molar-refractivity contribution in [2.24, 2.45) is 0 Å². The first-order valence-electron chi connectivity index (χ1n) is 5.39. The molecule has 1 N–H and O–H groups in total. The van der Waals surface area contributed by atoms with Gasteiger partial charge in [0.2, 0.25) is 0 Å². The number of thiazole rings is 1. The molecule has 15 heavy (non-hydrogen) atoms. The van der Waals surface area contributed by atoms with E-state index in [0.29, 0.717) is 11.2 Å². The van der Waals surface area contributed by atoms with Crippen LogP contribution in [0.4, 0.5) is 5.13 Å². The van der Waals surface area contributed by atoms with E-state index in [-0.39, 0.29) is 0 Å². The zero-order valence-corrected chi connectivity index (χ0v) is 10.4. The third-order valence-electron chi connectivity index (χ3n) is 2.72. The Kier molecular flexibility index (Phi) is 3.83. The second kappa shape index (κ2) is 5.14. The van der Waals surface area contributed by atoms with Gasteiger partial charge in [-0.2, -0.15) is 0 Å². The molecule has 5 heteroatoms. The van der Waals surface area contributed by atoms with Crippen LogP contribution in [0, 0.1) is 0 Å². The van der Waals surface area contributed by atoms with Gasteiger partial charge in [0.05, 0.1) is 0 Å². The van der Waals surface area contributed by atoms with Gasteiger partial charge in [-0.05, 0) is 26.3 Å². The lowest BCUT2D eigenvalue weighted by molar-refractivity contribution is 0.586. The summed E-state index contributed by atoms with van der Waals surface area (Å²) < 4.78 is 0. The molecular weight excluding hydrogens is 230 g/mol. The molecule has 0 aliphatic carbocycles. The average molecular weight is 246 g/mol. The molecule has 1 unspecified atom stereocenters. The first-order chi connectivity index (χ1) is 7.29. The molecule has 1 atom stereocenters. The van der Waals surface area contributed by atoms with Crippen molar-refractivity contribution < 1.29 is 0 Å². The number of nitrogens with one attached hydrogen (secondary N) is 1. The van der Waals surface area contributed by atoms with Crippen LogP contribution in [0.25, 0.3) is 0 Å². The standard InChI is InChI=1S/C10H16ClN3S/c1-2-14(6-8-4-3-5-12-8)10-13-9(11)7-15-10/h7-8,12H,2-6H2,1H3. The van der Waals surface area contributed by atoms with Gasteiger partial charge in [-0.25, -0.2) is 4.98 Å². The van der Waals surface area contributed by atoms with Crippen LogP contribution in [0.1, 0.15) is 19.8 Å². The number of hydrogen-bond donors (Lipinski definition) is 1. The second-order valence-electron chi connectivity index (χ2n) is 3.78. The molecule has 0 amide bonds. The minimum atomic E-state index is 0.604. The minimum Gasteiger partial charge on any atom is -0.347 e. The van der Waals surface area contributed by atoms with E-state index < -0.39 is 0 Å². The number of nitrogens with zero attached hydrogens (tertiary/aromatic N) is 2. The maximum atomic E-state index is 5.84. The SMILES string of the molecule is CCN(CC1CCCN1)c1nc(Cl)cs1. The number of anilines is 1. The van der Waals surface area contributed by atoms with Gasteiger partial charge < -0.3 is 10.2 Å². The molecule has 0 spiro atoms. The van der Waals surface area contributed by atoms with E-state index in [0.717, 1.165) is 24.8 Å². The molecule has 3 nitrogen and oxygen atoms in total. The quantitative estimate of drug-likeness (QED) is 0.883. The van der Waals surface area contributed by atoms with Gasteiger partial charge in [0.25, 0.3) is 0 Å². The van der Waals surface area contributed by atoms with Crippen molar-refractivity contribution in [1.82, 2.24) is 10.3 Å². The number of hydrogen-bond acceptors (Lipinski definition) is 4. The van der Waals surface area contributed by atoms with Crippen molar-refractivity contribution >= 4 is 28.1 Å². The minimum absolute atomic E-state index is 0.604. The fourth-order valence-electron chi connectivity index (χ4n) is 1.91. The van der Waals surface area contributed by atoms with Crippen LogP contribution in [-0.2, 0) is 0 Å². The monoisotopic (exact) mass is 245 g/mol. The maximum absolute atomic E-state index is 5.84. The zero-order valence-electron chi connectivity index (χ0n) is 8.87. The Balaban J connectivity index is 1.97. The Morgan fingerprint density at radius 3 is 3.13 bits per heavy atom. The Labute approximate surface area is 99.5 Å². The largest absolute Gasteiger partial charge is 0.347 e. The zero-order chi connectivity index (χ0) is 10.7. The fourth-order valence-corrected chi connectivity index (χ4v) is 2.93. The van der Waals surface area contributed by atoms with Gasteiger partial charge in [-0.3, -0.25) is 0 Å². The second-order valence-corrected chi connectivity index (χ2v) is 5.01. The van der Waals surface area contributed by atoms with Crippen LogP contribution in [0.3, 0.4) is 0 Å². The number of likely N-dealkylation sites (N-methyl/N-ethyl adjacent to an activating group) is 1. The first-order valence-corrected chi connectivity index (χ1v) is 6.64. The van der Waals surface area contributed by atoms with Crippen LogP contribution < -0.4 is 10.2 Å². The van der Waals surface area contributed by atoms with Crippen molar-refractivity contribution in [2.75, 3.05) is 24.5 Å². The van der Waals surface area contributed by atoms with Gasteiger partial charge in [0, 0.05) is 24.5 Å². The first kappa shape index (κ1) is 11.2. The van der Waals surface area contributed by atoms with E-state index in [1.54, 1.807) is 11.3 Å². The molecule has 1 saturated heterocycles. The molecule has 1 fully saturated rings. The van der Waals surface area contributed by atoms with Gasteiger partial charge in [0.15, 0.2) is 5.13 Å². The molecule has 2 heterocycles. The highest BCUT2D eigenvalue weighted by atomic mass is 35.5. The molecule has 0 aromatic carbocycles. The van der Waals surface area contributed by atoms with Crippen molar-refractivity contribution in [1.29, 1.82) is 0 Å². The van der Waals surface area contributed by atoms with Gasteiger partial charge in [-0.15, -0.1) is 11.3 Å². The lowest BCUT2D eigenvalue weighted by atomic mass is 10.2. The van der Waals surface area contributed by atoms with E-state index in [4.69, 9.17) is 11.6 Å². The summed E-state index contributed by atoms with van der Waals surface area (Å²) in [6, 6.07) is 0.618. The van der Waals surface area contributed by atoms with E-state index in [9.17, 15) is 0 Å². The predicted octanol–water partition coefficient (Wildman–Crippen LogP) is 2.37.